The van der Waals surface area contributed by atoms with E-state index in [0.29, 0.717) is 24.8 Å². The van der Waals surface area contributed by atoms with Crippen LogP contribution in [0.4, 0.5) is 0 Å². The third-order valence-corrected chi connectivity index (χ3v) is 4.77. The second kappa shape index (κ2) is 7.13. The molecular formula is C12H18BrNO2S. The SMILES string of the molecule is CCCS(=O)(=O)N(CCBr)Cc1ccccc1. The monoisotopic (exact) mass is 319 g/mol. The first kappa shape index (κ1) is 14.7. The molecule has 5 heteroatoms. The zero-order valence-corrected chi connectivity index (χ0v) is 12.4. The third-order valence-electron chi connectivity index (χ3n) is 2.39. The molecule has 3 nitrogen and oxygen atoms in total. The van der Waals surface area contributed by atoms with Crippen LogP contribution in [0.3, 0.4) is 0 Å². The summed E-state index contributed by atoms with van der Waals surface area (Å²) in [5, 5.41) is 0.656. The van der Waals surface area contributed by atoms with Crippen molar-refractivity contribution in [2.75, 3.05) is 17.6 Å². The maximum atomic E-state index is 12.0. The molecule has 0 aromatic heterocycles. The summed E-state index contributed by atoms with van der Waals surface area (Å²) >= 11 is 3.30. The van der Waals surface area contributed by atoms with Crippen molar-refractivity contribution in [1.82, 2.24) is 4.31 Å². The van der Waals surface area contributed by atoms with Crippen LogP contribution in [0.1, 0.15) is 18.9 Å². The van der Waals surface area contributed by atoms with Crippen LogP contribution < -0.4 is 0 Å². The second-order valence-electron chi connectivity index (χ2n) is 3.82. The number of halogens is 1. The van der Waals surface area contributed by atoms with Gasteiger partial charge in [-0.25, -0.2) is 8.42 Å². The Morgan fingerprint density at radius 3 is 2.41 bits per heavy atom. The van der Waals surface area contributed by atoms with Gasteiger partial charge < -0.3 is 0 Å². The average molecular weight is 320 g/mol. The van der Waals surface area contributed by atoms with Crippen molar-refractivity contribution in [3.05, 3.63) is 35.9 Å². The van der Waals surface area contributed by atoms with Crippen LogP contribution >= 0.6 is 15.9 Å². The summed E-state index contributed by atoms with van der Waals surface area (Å²) in [5.41, 5.74) is 1.02. The molecular weight excluding hydrogens is 302 g/mol. The molecule has 1 rings (SSSR count). The number of hydrogen-bond donors (Lipinski definition) is 0. The highest BCUT2D eigenvalue weighted by molar-refractivity contribution is 9.09. The van der Waals surface area contributed by atoms with Crippen molar-refractivity contribution in [3.63, 3.8) is 0 Å². The first-order valence-electron chi connectivity index (χ1n) is 5.68. The van der Waals surface area contributed by atoms with Crippen LogP contribution in [0, 0.1) is 0 Å². The van der Waals surface area contributed by atoms with Crippen molar-refractivity contribution in [1.29, 1.82) is 0 Å². The van der Waals surface area contributed by atoms with Gasteiger partial charge >= 0.3 is 0 Å². The van der Waals surface area contributed by atoms with E-state index in [1.807, 2.05) is 37.3 Å². The van der Waals surface area contributed by atoms with Gasteiger partial charge in [-0.3, -0.25) is 0 Å². The minimum absolute atomic E-state index is 0.215. The summed E-state index contributed by atoms with van der Waals surface area (Å²) in [5.74, 6) is 0.215. The van der Waals surface area contributed by atoms with Gasteiger partial charge in [0.2, 0.25) is 10.0 Å². The van der Waals surface area contributed by atoms with Crippen molar-refractivity contribution >= 4 is 26.0 Å². The van der Waals surface area contributed by atoms with Gasteiger partial charge in [-0.05, 0) is 12.0 Å². The van der Waals surface area contributed by atoms with E-state index in [1.54, 1.807) is 4.31 Å². The third kappa shape index (κ3) is 4.77. The maximum Gasteiger partial charge on any atom is 0.214 e. The van der Waals surface area contributed by atoms with Crippen LogP contribution in [0.2, 0.25) is 0 Å². The lowest BCUT2D eigenvalue weighted by Crippen LogP contribution is -2.34. The Balaban J connectivity index is 2.80. The molecule has 0 bridgehead atoms. The van der Waals surface area contributed by atoms with Gasteiger partial charge in [0.15, 0.2) is 0 Å². The van der Waals surface area contributed by atoms with E-state index in [0.717, 1.165) is 5.56 Å². The zero-order chi connectivity index (χ0) is 12.7. The first-order chi connectivity index (χ1) is 8.10. The molecule has 0 atom stereocenters. The number of nitrogens with zero attached hydrogens (tertiary/aromatic N) is 1. The number of benzene rings is 1. The summed E-state index contributed by atoms with van der Waals surface area (Å²) in [6.45, 7) is 2.85. The molecule has 0 saturated carbocycles. The molecule has 17 heavy (non-hydrogen) atoms. The molecule has 0 aliphatic rings. The summed E-state index contributed by atoms with van der Waals surface area (Å²) in [7, 11) is -3.13. The number of hydrogen-bond acceptors (Lipinski definition) is 2. The van der Waals surface area contributed by atoms with Gasteiger partial charge in [0.25, 0.3) is 0 Å². The van der Waals surface area contributed by atoms with E-state index >= 15 is 0 Å². The Kier molecular flexibility index (Phi) is 6.16. The fraction of sp³-hybridized carbons (Fsp3) is 0.500. The van der Waals surface area contributed by atoms with Gasteiger partial charge in [0.1, 0.15) is 0 Å². The molecule has 0 heterocycles. The zero-order valence-electron chi connectivity index (χ0n) is 9.97. The molecule has 0 fully saturated rings. The Morgan fingerprint density at radius 1 is 1.24 bits per heavy atom. The number of rotatable bonds is 7. The van der Waals surface area contributed by atoms with Gasteiger partial charge in [-0.1, -0.05) is 53.2 Å². The summed E-state index contributed by atoms with van der Waals surface area (Å²) < 4.78 is 25.6. The molecule has 0 aliphatic heterocycles. The van der Waals surface area contributed by atoms with Crippen molar-refractivity contribution < 1.29 is 8.42 Å². The van der Waals surface area contributed by atoms with Gasteiger partial charge in [-0.15, -0.1) is 0 Å². The molecule has 1 aromatic rings. The van der Waals surface area contributed by atoms with Gasteiger partial charge in [0, 0.05) is 18.4 Å². The second-order valence-corrected chi connectivity index (χ2v) is 6.71. The smallest absolute Gasteiger partial charge is 0.212 e. The molecule has 0 spiro atoms. The normalized spacial score (nSPS) is 11.9. The van der Waals surface area contributed by atoms with Crippen molar-refractivity contribution in [3.8, 4) is 0 Å². The van der Waals surface area contributed by atoms with Crippen LogP contribution in [0.25, 0.3) is 0 Å². The van der Waals surface area contributed by atoms with Crippen LogP contribution in [-0.2, 0) is 16.6 Å². The van der Waals surface area contributed by atoms with E-state index in [2.05, 4.69) is 15.9 Å². The Morgan fingerprint density at radius 2 is 1.88 bits per heavy atom. The predicted molar refractivity (Wildman–Crippen MR) is 74.7 cm³/mol. The molecule has 0 unspecified atom stereocenters. The van der Waals surface area contributed by atoms with Gasteiger partial charge in [0.05, 0.1) is 5.75 Å². The van der Waals surface area contributed by atoms with Crippen molar-refractivity contribution in [2.24, 2.45) is 0 Å². The lowest BCUT2D eigenvalue weighted by atomic mass is 10.2. The predicted octanol–water partition coefficient (Wildman–Crippen LogP) is 2.62. The van der Waals surface area contributed by atoms with Crippen LogP contribution in [0.5, 0.6) is 0 Å². The minimum Gasteiger partial charge on any atom is -0.212 e. The van der Waals surface area contributed by atoms with Gasteiger partial charge in [-0.2, -0.15) is 4.31 Å². The molecule has 1 aromatic carbocycles. The standard InChI is InChI=1S/C12H18BrNO2S/c1-2-10-17(15,16)14(9-8-13)11-12-6-4-3-5-7-12/h3-7H,2,8-11H2,1H3. The van der Waals surface area contributed by atoms with E-state index in [4.69, 9.17) is 0 Å². The fourth-order valence-corrected chi connectivity index (χ4v) is 3.74. The molecule has 0 N–H and O–H groups in total. The minimum atomic E-state index is -3.13. The fourth-order valence-electron chi connectivity index (χ4n) is 1.58. The lowest BCUT2D eigenvalue weighted by molar-refractivity contribution is 0.426. The Bertz CT molecular complexity index is 419. The summed E-state index contributed by atoms with van der Waals surface area (Å²) in [4.78, 5) is 0. The summed E-state index contributed by atoms with van der Waals surface area (Å²) in [6, 6.07) is 9.67. The topological polar surface area (TPSA) is 37.4 Å². The molecule has 0 amide bonds. The van der Waals surface area contributed by atoms with Crippen LogP contribution in [-0.4, -0.2) is 30.4 Å². The van der Waals surface area contributed by atoms with E-state index < -0.39 is 10.0 Å². The highest BCUT2D eigenvalue weighted by Crippen LogP contribution is 2.11. The maximum absolute atomic E-state index is 12.0. The van der Waals surface area contributed by atoms with E-state index in [9.17, 15) is 8.42 Å². The summed E-state index contributed by atoms with van der Waals surface area (Å²) in [6.07, 6.45) is 0.649. The molecule has 0 aliphatic carbocycles. The lowest BCUT2D eigenvalue weighted by Gasteiger charge is -2.21. The average Bonchev–Trinajstić information content (AvgIpc) is 2.30. The Labute approximate surface area is 112 Å². The van der Waals surface area contributed by atoms with E-state index in [-0.39, 0.29) is 5.75 Å². The number of sulfonamides is 1. The van der Waals surface area contributed by atoms with Crippen LogP contribution in [0.15, 0.2) is 30.3 Å². The Hall–Kier alpha value is -0.390. The molecule has 0 radical (unpaired) electrons. The van der Waals surface area contributed by atoms with Crippen molar-refractivity contribution in [2.45, 2.75) is 19.9 Å². The molecule has 0 saturated heterocycles. The van der Waals surface area contributed by atoms with E-state index in [1.165, 1.54) is 0 Å². The quantitative estimate of drug-likeness (QED) is 0.724. The highest BCUT2D eigenvalue weighted by atomic mass is 79.9. The first-order valence-corrected chi connectivity index (χ1v) is 8.41. The molecule has 96 valence electrons. The number of alkyl halides is 1. The highest BCUT2D eigenvalue weighted by Gasteiger charge is 2.20. The largest absolute Gasteiger partial charge is 0.214 e.